The maximum Gasteiger partial charge on any atom is 0.149 e. The highest BCUT2D eigenvalue weighted by Gasteiger charge is 2.23. The Morgan fingerprint density at radius 2 is 1.40 bits per heavy atom. The van der Waals surface area contributed by atoms with Gasteiger partial charge in [-0.3, -0.25) is 9.55 Å². The van der Waals surface area contributed by atoms with Gasteiger partial charge in [0.2, 0.25) is 0 Å². The van der Waals surface area contributed by atoms with Crippen LogP contribution in [-0.2, 0) is 0 Å². The molecule has 0 unspecified atom stereocenters. The Balaban J connectivity index is 1.28. The van der Waals surface area contributed by atoms with Crippen LogP contribution in [0.2, 0.25) is 0 Å². The third-order valence-corrected chi connectivity index (χ3v) is 10.1. The van der Waals surface area contributed by atoms with Crippen molar-refractivity contribution >= 4 is 42.5 Å². The molecule has 3 aromatic heterocycles. The van der Waals surface area contributed by atoms with E-state index >= 15 is 4.39 Å². The van der Waals surface area contributed by atoms with E-state index < -0.39 is 6.85 Å². The molecule has 48 heavy (non-hydrogen) atoms. The number of para-hydroxylation sites is 1. The Kier molecular flexibility index (Phi) is 5.99. The highest BCUT2D eigenvalue weighted by atomic mass is 32.1. The summed E-state index contributed by atoms with van der Waals surface area (Å²) in [6, 6.07) is 46.9. The summed E-state index contributed by atoms with van der Waals surface area (Å²) >= 11 is 1.63. The topological polar surface area (TPSA) is 30.7 Å². The number of hydrogen-bond donors (Lipinski definition) is 0. The highest BCUT2D eigenvalue weighted by molar-refractivity contribution is 7.26. The molecule has 0 bridgehead atoms. The van der Waals surface area contributed by atoms with Gasteiger partial charge in [0, 0.05) is 42.5 Å². The number of thiophene rings is 1. The first-order valence-electron chi connectivity index (χ1n) is 17.2. The molecule has 0 saturated heterocycles. The lowest BCUT2D eigenvalue weighted by atomic mass is 9.97. The monoisotopic (exact) mass is 640 g/mol. The lowest BCUT2D eigenvalue weighted by molar-refractivity contribution is 0.635. The Morgan fingerprint density at radius 1 is 0.646 bits per heavy atom. The van der Waals surface area contributed by atoms with E-state index in [9.17, 15) is 0 Å². The van der Waals surface area contributed by atoms with Gasteiger partial charge >= 0.3 is 0 Å². The average Bonchev–Trinajstić information content (AvgIpc) is 3.74. The molecular weight excluding hydrogens is 610 g/mol. The Hall–Kier alpha value is -5.91. The van der Waals surface area contributed by atoms with Crippen molar-refractivity contribution in [1.29, 1.82) is 0 Å². The van der Waals surface area contributed by atoms with E-state index in [1.165, 1.54) is 6.07 Å². The van der Waals surface area contributed by atoms with Crippen LogP contribution >= 0.6 is 11.3 Å². The second-order valence-corrected chi connectivity index (χ2v) is 12.8. The molecule has 0 aliphatic carbocycles. The predicted octanol–water partition coefficient (Wildman–Crippen LogP) is 11.9. The number of benzene rings is 6. The fourth-order valence-electron chi connectivity index (χ4n) is 6.57. The van der Waals surface area contributed by atoms with Crippen LogP contribution in [0.1, 0.15) is 9.68 Å². The predicted molar refractivity (Wildman–Crippen MR) is 198 cm³/mol. The quantitative estimate of drug-likeness (QED) is 0.187. The molecule has 3 nitrogen and oxygen atoms in total. The Morgan fingerprint density at radius 3 is 2.19 bits per heavy atom. The second kappa shape index (κ2) is 11.4. The summed E-state index contributed by atoms with van der Waals surface area (Å²) in [6.07, 6.45) is 1.87. The minimum absolute atomic E-state index is 0.294. The van der Waals surface area contributed by atoms with E-state index in [1.54, 1.807) is 41.7 Å². The van der Waals surface area contributed by atoms with Crippen molar-refractivity contribution in [2.24, 2.45) is 0 Å². The molecule has 5 heteroatoms. The van der Waals surface area contributed by atoms with Crippen molar-refractivity contribution in [2.45, 2.75) is 6.85 Å². The van der Waals surface area contributed by atoms with Gasteiger partial charge in [0.05, 0.1) is 21.6 Å². The first kappa shape index (κ1) is 25.2. The third-order valence-electron chi connectivity index (χ3n) is 8.86. The van der Waals surface area contributed by atoms with Crippen LogP contribution in [0.3, 0.4) is 0 Å². The summed E-state index contributed by atoms with van der Waals surface area (Å²) in [7, 11) is 0. The van der Waals surface area contributed by atoms with Gasteiger partial charge in [-0.1, -0.05) is 121 Å². The number of pyridine rings is 1. The average molecular weight is 641 g/mol. The van der Waals surface area contributed by atoms with E-state index in [4.69, 9.17) is 14.1 Å². The fourth-order valence-corrected chi connectivity index (χ4v) is 7.73. The molecule has 0 amide bonds. The first-order valence-corrected chi connectivity index (χ1v) is 16.5. The van der Waals surface area contributed by atoms with E-state index in [-0.39, 0.29) is 5.82 Å². The van der Waals surface area contributed by atoms with Gasteiger partial charge < -0.3 is 0 Å². The van der Waals surface area contributed by atoms with Crippen LogP contribution in [0.15, 0.2) is 152 Å². The van der Waals surface area contributed by atoms with E-state index in [0.29, 0.717) is 22.4 Å². The molecule has 0 radical (unpaired) electrons. The normalized spacial score (nSPS) is 12.7. The second-order valence-electron chi connectivity index (χ2n) is 11.8. The molecule has 3 heterocycles. The van der Waals surface area contributed by atoms with Crippen LogP contribution in [0.25, 0.3) is 81.8 Å². The molecule has 0 spiro atoms. The fraction of sp³-hybridized carbons (Fsp3) is 0.0233. The molecule has 228 valence electrons. The van der Waals surface area contributed by atoms with Crippen LogP contribution in [0.5, 0.6) is 0 Å². The van der Waals surface area contributed by atoms with Gasteiger partial charge in [0.15, 0.2) is 0 Å². The zero-order chi connectivity index (χ0) is 34.7. The minimum atomic E-state index is -2.17. The van der Waals surface area contributed by atoms with Gasteiger partial charge in [0.25, 0.3) is 0 Å². The van der Waals surface area contributed by atoms with E-state index in [1.807, 2.05) is 59.3 Å². The zero-order valence-corrected chi connectivity index (χ0v) is 26.4. The maximum atomic E-state index is 16.1. The van der Waals surface area contributed by atoms with Crippen LogP contribution < -0.4 is 0 Å². The van der Waals surface area contributed by atoms with Gasteiger partial charge in [-0.2, -0.15) is 0 Å². The molecule has 0 aliphatic rings. The Bertz CT molecular complexity index is 2740. The number of hydrogen-bond acceptors (Lipinski definition) is 3. The van der Waals surface area contributed by atoms with E-state index in [2.05, 4.69) is 60.7 Å². The lowest BCUT2D eigenvalue weighted by Crippen LogP contribution is -2.02. The Labute approximate surface area is 285 Å². The number of rotatable bonds is 5. The highest BCUT2D eigenvalue weighted by Crippen LogP contribution is 2.43. The van der Waals surface area contributed by atoms with Crippen LogP contribution in [0, 0.1) is 12.7 Å². The number of halogens is 1. The maximum absolute atomic E-state index is 16.1. The van der Waals surface area contributed by atoms with Crippen LogP contribution in [-0.4, -0.2) is 14.5 Å². The molecule has 9 aromatic rings. The number of aromatic nitrogens is 3. The summed E-state index contributed by atoms with van der Waals surface area (Å²) in [4.78, 5) is 9.90. The SMILES string of the molecule is [2H]C([2H])([2H])c1ccc(-c2cc3c(cn2)sc2c(-c4nc5cccc(F)c5n4-c4cc(-c5ccccc5)ccc4-c4ccccc4)cccc23)cc1. The molecule has 9 rings (SSSR count). The summed E-state index contributed by atoms with van der Waals surface area (Å²) in [5.74, 6) is 0.292. The minimum Gasteiger partial charge on any atom is -0.289 e. The van der Waals surface area contributed by atoms with Gasteiger partial charge in [-0.05, 0) is 53.9 Å². The number of fused-ring (bicyclic) bond motifs is 4. The number of aryl methyl sites for hydroxylation is 1. The van der Waals surface area contributed by atoms with Gasteiger partial charge in [-0.15, -0.1) is 11.3 Å². The summed E-state index contributed by atoms with van der Waals surface area (Å²) in [5, 5.41) is 2.07. The van der Waals surface area contributed by atoms with Gasteiger partial charge in [0.1, 0.15) is 17.2 Å². The zero-order valence-electron chi connectivity index (χ0n) is 28.6. The first-order chi connectivity index (χ1) is 24.8. The summed E-state index contributed by atoms with van der Waals surface area (Å²) < 4.78 is 43.3. The van der Waals surface area contributed by atoms with Crippen LogP contribution in [0.4, 0.5) is 4.39 Å². The molecule has 0 saturated carbocycles. The molecule has 0 fully saturated rings. The molecule has 6 aromatic carbocycles. The van der Waals surface area contributed by atoms with Gasteiger partial charge in [-0.25, -0.2) is 9.37 Å². The number of nitrogens with zero attached hydrogens (tertiary/aromatic N) is 3. The lowest BCUT2D eigenvalue weighted by Gasteiger charge is -2.17. The van der Waals surface area contributed by atoms with E-state index in [0.717, 1.165) is 64.9 Å². The van der Waals surface area contributed by atoms with Crippen molar-refractivity contribution in [3.05, 3.63) is 163 Å². The number of imidazole rings is 1. The van der Waals surface area contributed by atoms with Crippen molar-refractivity contribution < 1.29 is 8.50 Å². The molecular formula is C43H28FN3S. The van der Waals surface area contributed by atoms with Crippen molar-refractivity contribution in [3.8, 4) is 50.6 Å². The smallest absolute Gasteiger partial charge is 0.149 e. The molecule has 0 aliphatic heterocycles. The third kappa shape index (κ3) is 4.71. The molecule has 0 atom stereocenters. The standard InChI is InChI=1S/C43H28FN3S/c1-27-18-20-30(21-19-27)38-25-35-33-14-8-15-34(42(33)48-40(35)26-45-38)43-46-37-17-9-16-36(44)41(37)47(43)39-24-31(28-10-4-2-5-11-28)22-23-32(39)29-12-6-3-7-13-29/h2-26H,1H3/i1D3. The summed E-state index contributed by atoms with van der Waals surface area (Å²) in [5.41, 5.74) is 8.63. The summed E-state index contributed by atoms with van der Waals surface area (Å²) in [6.45, 7) is -2.17. The largest absolute Gasteiger partial charge is 0.289 e. The van der Waals surface area contributed by atoms with Crippen molar-refractivity contribution in [3.63, 3.8) is 0 Å². The molecule has 0 N–H and O–H groups in total. The van der Waals surface area contributed by atoms with Crippen molar-refractivity contribution in [1.82, 2.24) is 14.5 Å². The van der Waals surface area contributed by atoms with Crippen molar-refractivity contribution in [2.75, 3.05) is 0 Å².